The van der Waals surface area contributed by atoms with Gasteiger partial charge in [-0.15, -0.1) is 0 Å². The van der Waals surface area contributed by atoms with Crippen molar-refractivity contribution >= 4 is 6.08 Å². The van der Waals surface area contributed by atoms with Crippen LogP contribution in [0.4, 0.5) is 0 Å². The van der Waals surface area contributed by atoms with Gasteiger partial charge in [0.15, 0.2) is 0 Å². The van der Waals surface area contributed by atoms with Gasteiger partial charge < -0.3 is 0 Å². The summed E-state index contributed by atoms with van der Waals surface area (Å²) in [6, 6.07) is 11.0. The molecule has 0 heterocycles. The van der Waals surface area contributed by atoms with Crippen LogP contribution in [0.3, 0.4) is 0 Å². The van der Waals surface area contributed by atoms with Gasteiger partial charge in [-0.05, 0) is 65.3 Å². The third-order valence-electron chi connectivity index (χ3n) is 3.97. The lowest BCUT2D eigenvalue weighted by Gasteiger charge is -2.11. The van der Waals surface area contributed by atoms with E-state index in [2.05, 4.69) is 50.8 Å². The van der Waals surface area contributed by atoms with E-state index in [1.54, 1.807) is 0 Å². The maximum atomic E-state index is 3.91. The minimum atomic E-state index is 1.08. The van der Waals surface area contributed by atoms with Gasteiger partial charge in [0.1, 0.15) is 0 Å². The van der Waals surface area contributed by atoms with Gasteiger partial charge in [-0.1, -0.05) is 36.9 Å². The van der Waals surface area contributed by atoms with Crippen LogP contribution in [0, 0.1) is 13.8 Å². The fourth-order valence-corrected chi connectivity index (χ4v) is 2.80. The molecule has 0 saturated heterocycles. The van der Waals surface area contributed by atoms with Crippen molar-refractivity contribution in [2.75, 3.05) is 0 Å². The zero-order valence-corrected chi connectivity index (χ0v) is 10.4. The second-order valence-corrected chi connectivity index (χ2v) is 4.78. The number of fused-ring (bicyclic) bond motifs is 3. The first-order valence-corrected chi connectivity index (χ1v) is 6.06. The molecule has 0 bridgehead atoms. The van der Waals surface area contributed by atoms with Crippen LogP contribution in [0.15, 0.2) is 36.9 Å². The average Bonchev–Trinajstić information content (AvgIpc) is 2.72. The Morgan fingerprint density at radius 1 is 1.06 bits per heavy atom. The molecule has 2 aromatic rings. The summed E-state index contributed by atoms with van der Waals surface area (Å²) in [6.45, 7) is 8.33. The average molecular weight is 220 g/mol. The maximum absolute atomic E-state index is 3.91. The third kappa shape index (κ3) is 1.37. The van der Waals surface area contributed by atoms with E-state index >= 15 is 0 Å². The Kier molecular flexibility index (Phi) is 2.19. The van der Waals surface area contributed by atoms with Crippen molar-refractivity contribution in [2.45, 2.75) is 20.3 Å². The summed E-state index contributed by atoms with van der Waals surface area (Å²) < 4.78 is 0. The van der Waals surface area contributed by atoms with Gasteiger partial charge in [-0.2, -0.15) is 0 Å². The van der Waals surface area contributed by atoms with Crippen molar-refractivity contribution in [3.63, 3.8) is 0 Å². The molecule has 0 nitrogen and oxygen atoms in total. The Balaban J connectivity index is 2.34. The summed E-state index contributed by atoms with van der Waals surface area (Å²) in [6.07, 6.45) is 3.04. The second kappa shape index (κ2) is 3.59. The number of benzene rings is 2. The molecule has 0 radical (unpaired) electrons. The molecule has 0 aliphatic heterocycles. The van der Waals surface area contributed by atoms with E-state index in [4.69, 9.17) is 0 Å². The van der Waals surface area contributed by atoms with E-state index < -0.39 is 0 Å². The summed E-state index contributed by atoms with van der Waals surface area (Å²) >= 11 is 0. The van der Waals surface area contributed by atoms with Crippen LogP contribution < -0.4 is 0 Å². The van der Waals surface area contributed by atoms with Crippen molar-refractivity contribution in [1.82, 2.24) is 0 Å². The van der Waals surface area contributed by atoms with Crippen LogP contribution in [-0.4, -0.2) is 0 Å². The van der Waals surface area contributed by atoms with E-state index in [0.29, 0.717) is 0 Å². The summed E-state index contributed by atoms with van der Waals surface area (Å²) in [4.78, 5) is 0. The predicted molar refractivity (Wildman–Crippen MR) is 74.2 cm³/mol. The SMILES string of the molecule is C=Cc1cc2c(c(C)c1C)Cc1ccccc1-2. The Morgan fingerprint density at radius 2 is 1.82 bits per heavy atom. The molecular formula is C17H16. The minimum Gasteiger partial charge on any atom is -0.0985 e. The summed E-state index contributed by atoms with van der Waals surface area (Å²) in [5, 5.41) is 0. The summed E-state index contributed by atoms with van der Waals surface area (Å²) in [7, 11) is 0. The standard InChI is InChI=1S/C17H16/c1-4-13-9-17-15-8-6-5-7-14(15)10-16(17)12(3)11(13)2/h4-9H,1,10H2,2-3H3. The zero-order valence-electron chi connectivity index (χ0n) is 10.4. The molecule has 0 N–H and O–H groups in total. The lowest BCUT2D eigenvalue weighted by Crippen LogP contribution is -1.93. The highest BCUT2D eigenvalue weighted by atomic mass is 14.2. The van der Waals surface area contributed by atoms with E-state index in [-0.39, 0.29) is 0 Å². The van der Waals surface area contributed by atoms with E-state index in [9.17, 15) is 0 Å². The van der Waals surface area contributed by atoms with Crippen LogP contribution in [-0.2, 0) is 6.42 Å². The molecule has 17 heavy (non-hydrogen) atoms. The highest BCUT2D eigenvalue weighted by Gasteiger charge is 2.21. The van der Waals surface area contributed by atoms with Crippen LogP contribution in [0.25, 0.3) is 17.2 Å². The van der Waals surface area contributed by atoms with Gasteiger partial charge in [0.05, 0.1) is 0 Å². The fourth-order valence-electron chi connectivity index (χ4n) is 2.80. The van der Waals surface area contributed by atoms with Gasteiger partial charge >= 0.3 is 0 Å². The molecule has 0 fully saturated rings. The van der Waals surface area contributed by atoms with Crippen molar-refractivity contribution in [3.05, 3.63) is 64.7 Å². The first-order chi connectivity index (χ1) is 8.22. The second-order valence-electron chi connectivity index (χ2n) is 4.78. The molecule has 0 spiro atoms. The highest BCUT2D eigenvalue weighted by Crippen LogP contribution is 2.40. The molecule has 2 aromatic carbocycles. The van der Waals surface area contributed by atoms with Gasteiger partial charge in [-0.25, -0.2) is 0 Å². The largest absolute Gasteiger partial charge is 0.0985 e. The lowest BCUT2D eigenvalue weighted by molar-refractivity contribution is 1.18. The molecule has 0 unspecified atom stereocenters. The Hall–Kier alpha value is -1.82. The normalized spacial score (nSPS) is 12.1. The maximum Gasteiger partial charge on any atom is -0.00107 e. The molecular weight excluding hydrogens is 204 g/mol. The van der Waals surface area contributed by atoms with Crippen LogP contribution in [0.5, 0.6) is 0 Å². The van der Waals surface area contributed by atoms with Crippen molar-refractivity contribution in [2.24, 2.45) is 0 Å². The van der Waals surface area contributed by atoms with Crippen LogP contribution in [0.1, 0.15) is 27.8 Å². The van der Waals surface area contributed by atoms with Crippen molar-refractivity contribution in [1.29, 1.82) is 0 Å². The Morgan fingerprint density at radius 3 is 2.59 bits per heavy atom. The van der Waals surface area contributed by atoms with Gasteiger partial charge in [0, 0.05) is 0 Å². The molecule has 1 aliphatic rings. The molecule has 3 rings (SSSR count). The number of hydrogen-bond donors (Lipinski definition) is 0. The number of rotatable bonds is 1. The van der Waals surface area contributed by atoms with Gasteiger partial charge in [0.2, 0.25) is 0 Å². The Labute approximate surface area is 103 Å². The van der Waals surface area contributed by atoms with Crippen LogP contribution >= 0.6 is 0 Å². The monoisotopic (exact) mass is 220 g/mol. The molecule has 0 aromatic heterocycles. The highest BCUT2D eigenvalue weighted by molar-refractivity contribution is 5.81. The predicted octanol–water partition coefficient (Wildman–Crippen LogP) is 4.52. The van der Waals surface area contributed by atoms with Crippen molar-refractivity contribution in [3.8, 4) is 11.1 Å². The van der Waals surface area contributed by atoms with Gasteiger partial charge in [-0.3, -0.25) is 0 Å². The number of hydrogen-bond acceptors (Lipinski definition) is 0. The molecule has 0 saturated carbocycles. The fraction of sp³-hybridized carbons (Fsp3) is 0.176. The van der Waals surface area contributed by atoms with E-state index in [1.807, 2.05) is 6.08 Å². The van der Waals surface area contributed by atoms with E-state index in [0.717, 1.165) is 6.42 Å². The minimum absolute atomic E-state index is 1.08. The molecule has 1 aliphatic carbocycles. The molecule has 0 amide bonds. The first kappa shape index (κ1) is 10.3. The summed E-state index contributed by atoms with van der Waals surface area (Å²) in [5.74, 6) is 0. The van der Waals surface area contributed by atoms with Gasteiger partial charge in [0.25, 0.3) is 0 Å². The van der Waals surface area contributed by atoms with Crippen LogP contribution in [0.2, 0.25) is 0 Å². The molecule has 0 heteroatoms. The smallest absolute Gasteiger partial charge is 0.00107 e. The van der Waals surface area contributed by atoms with E-state index in [1.165, 1.54) is 38.9 Å². The zero-order chi connectivity index (χ0) is 12.0. The summed E-state index contributed by atoms with van der Waals surface area (Å²) in [5.41, 5.74) is 9.80. The molecule has 0 atom stereocenters. The van der Waals surface area contributed by atoms with Crippen molar-refractivity contribution < 1.29 is 0 Å². The Bertz CT molecular complexity index is 618. The molecule has 84 valence electrons. The topological polar surface area (TPSA) is 0 Å². The third-order valence-corrected chi connectivity index (χ3v) is 3.97. The quantitative estimate of drug-likeness (QED) is 0.565. The lowest BCUT2D eigenvalue weighted by atomic mass is 9.93. The first-order valence-electron chi connectivity index (χ1n) is 6.06.